The minimum Gasteiger partial charge on any atom is -0.508 e. The van der Waals surface area contributed by atoms with Gasteiger partial charge in [0.2, 0.25) is 65.0 Å². The molecule has 0 spiro atoms. The molecule has 2 heterocycles. The lowest BCUT2D eigenvalue weighted by molar-refractivity contribution is -0.142. The molecule has 1 aliphatic rings. The van der Waals surface area contributed by atoms with Gasteiger partial charge in [0.05, 0.1) is 12.6 Å². The Labute approximate surface area is 617 Å². The maximum absolute atomic E-state index is 15.3. The van der Waals surface area contributed by atoms with Crippen LogP contribution >= 0.6 is 0 Å². The quantitative estimate of drug-likeness (QED) is 0.0125. The number of unbranched alkanes of at least 4 members (excludes halogenated alkanes) is 1. The molecule has 0 saturated heterocycles. The Morgan fingerprint density at radius 3 is 1.81 bits per heavy atom. The maximum atomic E-state index is 15.3. The Balaban J connectivity index is 1.50. The molecular formula is C74H109N17O15. The number of amides is 11. The van der Waals surface area contributed by atoms with Crippen LogP contribution in [0.3, 0.4) is 0 Å². The smallest absolute Gasteiger partial charge is 0.326 e. The summed E-state index contributed by atoms with van der Waals surface area (Å²) in [5.74, 6) is -11.4. The molecule has 32 heteroatoms. The van der Waals surface area contributed by atoms with Gasteiger partial charge in [0.15, 0.2) is 5.96 Å². The molecule has 0 unspecified atom stereocenters. The number of aliphatic imine (C=N–C) groups is 1. The second kappa shape index (κ2) is 41.9. The number of nitrogens with two attached hydrogens (primary N) is 4. The maximum Gasteiger partial charge on any atom is 0.326 e. The molecule has 3 aromatic carbocycles. The van der Waals surface area contributed by atoms with Crippen LogP contribution in [0.1, 0.15) is 143 Å². The van der Waals surface area contributed by atoms with Crippen molar-refractivity contribution in [1.82, 2.24) is 63.5 Å². The van der Waals surface area contributed by atoms with Crippen LogP contribution in [0.2, 0.25) is 0 Å². The molecule has 23 N–H and O–H groups in total. The van der Waals surface area contributed by atoms with Gasteiger partial charge in [0.1, 0.15) is 71.2 Å². The molecule has 0 fully saturated rings. The van der Waals surface area contributed by atoms with E-state index in [-0.39, 0.29) is 114 Å². The van der Waals surface area contributed by atoms with Crippen molar-refractivity contribution in [2.24, 2.45) is 39.8 Å². The van der Waals surface area contributed by atoms with Gasteiger partial charge in [0.25, 0.3) is 0 Å². The first kappa shape index (κ1) is 86.2. The van der Waals surface area contributed by atoms with Gasteiger partial charge >= 0.3 is 5.97 Å². The van der Waals surface area contributed by atoms with Gasteiger partial charge in [-0.25, -0.2) is 4.79 Å². The number of carbonyl (C=O) groups is 12. The fraction of sp³-hybridized carbons (Fsp3) is 0.527. The number of H-pyrrole nitrogens is 1. The topological polar surface area (TPSA) is 530 Å². The van der Waals surface area contributed by atoms with Crippen LogP contribution < -0.4 is 81.4 Å². The number of carboxylic acid groups (broad SMARTS) is 1. The van der Waals surface area contributed by atoms with Gasteiger partial charge in [-0.05, 0) is 152 Å². The van der Waals surface area contributed by atoms with Crippen molar-refractivity contribution in [2.75, 3.05) is 19.6 Å². The summed E-state index contributed by atoms with van der Waals surface area (Å²) in [4.78, 5) is 179. The summed E-state index contributed by atoms with van der Waals surface area (Å²) in [6.45, 7) is 12.2. The number of rotatable bonds is 34. The van der Waals surface area contributed by atoms with Crippen LogP contribution in [0.15, 0.2) is 102 Å². The van der Waals surface area contributed by atoms with Crippen molar-refractivity contribution in [3.05, 3.63) is 114 Å². The lowest BCUT2D eigenvalue weighted by Crippen LogP contribution is -2.65. The number of aromatic hydroxyl groups is 1. The first-order chi connectivity index (χ1) is 50.1. The zero-order valence-electron chi connectivity index (χ0n) is 61.7. The number of aliphatic hydroxyl groups is 1. The van der Waals surface area contributed by atoms with Gasteiger partial charge in [-0.2, -0.15) is 0 Å². The number of aromatic nitrogens is 1. The molecule has 0 radical (unpaired) electrons. The fourth-order valence-corrected chi connectivity index (χ4v) is 11.9. The highest BCUT2D eigenvalue weighted by molar-refractivity contribution is 6.01. The predicted molar refractivity (Wildman–Crippen MR) is 398 cm³/mol. The fourth-order valence-electron chi connectivity index (χ4n) is 11.9. The van der Waals surface area contributed by atoms with E-state index in [1.54, 1.807) is 60.8 Å². The zero-order valence-corrected chi connectivity index (χ0v) is 61.7. The summed E-state index contributed by atoms with van der Waals surface area (Å²) in [6.07, 6.45) is 3.91. The van der Waals surface area contributed by atoms with Crippen LogP contribution in [0.5, 0.6) is 5.75 Å². The number of nitrogens with one attached hydrogen (secondary N) is 12. The third-order valence-corrected chi connectivity index (χ3v) is 18.1. The minimum atomic E-state index is -1.92. The zero-order chi connectivity index (χ0) is 78.4. The van der Waals surface area contributed by atoms with Gasteiger partial charge in [-0.1, -0.05) is 101 Å². The van der Waals surface area contributed by atoms with E-state index >= 15 is 9.59 Å². The van der Waals surface area contributed by atoms with Crippen LogP contribution in [-0.4, -0.2) is 188 Å². The number of guanidine groups is 1. The van der Waals surface area contributed by atoms with Crippen molar-refractivity contribution in [3.63, 3.8) is 0 Å². The number of allylic oxidation sites excluding steroid dienone is 2. The molecule has 0 aliphatic carbocycles. The predicted octanol–water partition coefficient (Wildman–Crippen LogP) is -0.137. The van der Waals surface area contributed by atoms with E-state index in [0.717, 1.165) is 10.9 Å². The first-order valence-corrected chi connectivity index (χ1v) is 35.9. The Morgan fingerprint density at radius 1 is 0.623 bits per heavy atom. The molecule has 12 atom stereocenters. The Morgan fingerprint density at radius 2 is 1.19 bits per heavy atom. The lowest BCUT2D eigenvalue weighted by atomic mass is 9.91. The molecule has 0 bridgehead atoms. The average molecular weight is 1480 g/mol. The van der Waals surface area contributed by atoms with Crippen LogP contribution in [0, 0.1) is 11.8 Å². The summed E-state index contributed by atoms with van der Waals surface area (Å²) in [7, 11) is 0. The summed E-state index contributed by atoms with van der Waals surface area (Å²) < 4.78 is 0. The van der Waals surface area contributed by atoms with Crippen molar-refractivity contribution in [1.29, 1.82) is 0 Å². The van der Waals surface area contributed by atoms with E-state index in [2.05, 4.69) is 68.5 Å². The number of hydrogen-bond acceptors (Lipinski definition) is 17. The molecule has 0 saturated carbocycles. The Hall–Kier alpha value is -10.5. The number of phenols is 1. The number of phenolic OH excluding ortho intramolecular Hbond substituents is 1. The van der Waals surface area contributed by atoms with E-state index in [1.165, 1.54) is 52.0 Å². The number of fused-ring (bicyclic) bond motifs is 1. The minimum absolute atomic E-state index is 0.0287. The van der Waals surface area contributed by atoms with Gasteiger partial charge in [-0.3, -0.25) is 57.7 Å². The van der Waals surface area contributed by atoms with Crippen LogP contribution in [0.25, 0.3) is 10.9 Å². The van der Waals surface area contributed by atoms with Crippen molar-refractivity contribution >= 4 is 87.8 Å². The summed E-state index contributed by atoms with van der Waals surface area (Å²) >= 11 is 0. The molecule has 106 heavy (non-hydrogen) atoms. The number of benzene rings is 3. The molecular weight excluding hydrogens is 1370 g/mol. The number of para-hydroxylation sites is 1. The highest BCUT2D eigenvalue weighted by atomic mass is 16.4. The number of nitrogens with zero attached hydrogens (tertiary/aromatic N) is 1. The third kappa shape index (κ3) is 27.9. The molecule has 4 aromatic rings. The highest BCUT2D eigenvalue weighted by Crippen LogP contribution is 2.23. The summed E-state index contributed by atoms with van der Waals surface area (Å²) in [6, 6.07) is 9.20. The molecule has 580 valence electrons. The highest BCUT2D eigenvalue weighted by Gasteiger charge is 2.42. The van der Waals surface area contributed by atoms with Gasteiger partial charge in [0, 0.05) is 42.9 Å². The van der Waals surface area contributed by atoms with E-state index in [4.69, 9.17) is 22.9 Å². The second-order valence-electron chi connectivity index (χ2n) is 28.3. The van der Waals surface area contributed by atoms with Crippen LogP contribution in [-0.2, 0) is 76.8 Å². The third-order valence-electron chi connectivity index (χ3n) is 18.1. The average Bonchev–Trinajstić information content (AvgIpc) is 1.39. The summed E-state index contributed by atoms with van der Waals surface area (Å²) in [5, 5.41) is 60.8. The van der Waals surface area contributed by atoms with E-state index in [1.807, 2.05) is 39.8 Å². The SMILES string of the molecule is CC(C)C[C@@H]1NC(=O)[C@H](CCCCN)NC(=O)[C@H](CC(C)C)NC(=O)[C@@](C)(NC(=O)[C@H](Cc2ccccc2)NC(=O)[C@H](Cc2ccc(O)cc2)NC(=O)[C@H](C)NC(=O)[C@@H](N)[C@@H](C)O)CC/C=C/CC[C@@](C)(C(=O)NCC(=O)N[C@@H](CCCN=C(N)N)C(=O)N[C@@H](Cc2c[nH]c3ccccc23)C(=O)O)NC1=O. The van der Waals surface area contributed by atoms with E-state index in [9.17, 15) is 63.3 Å². The van der Waals surface area contributed by atoms with Crippen molar-refractivity contribution in [3.8, 4) is 5.75 Å². The second-order valence-corrected chi connectivity index (χ2v) is 28.3. The Bertz CT molecular complexity index is 3710. The monoisotopic (exact) mass is 1480 g/mol. The largest absolute Gasteiger partial charge is 0.508 e. The van der Waals surface area contributed by atoms with Crippen LogP contribution in [0.4, 0.5) is 0 Å². The standard InChI is InChI=1S/C74H109N17O15/c1-42(2)35-54-64(98)84-53(25-16-19-33-75)63(97)86-55(36-43(3)4)66(100)90-73(7,70(105)81-41-59(94)83-52(26-20-34-79-72(77)78)62(96)88-58(69(103)104)39-48-40-80-51-24-15-14-23-50(48)51)31-17-9-10-18-32-74(8,71(106)89-54)91-67(101)57(37-46-21-12-11-13-22-46)87-65(99)56(38-47-27-29-49(93)30-28-47)85-61(95)44(5)82-68(102)60(76)45(6)92/h9-15,21-24,27-30,40,42-45,52-58,60,80,92-93H,16-20,25-26,31-39,41,75-76H2,1-8H3,(H,81,105)(H,82,102)(H,83,94)(H,84,98)(H,85,95)(H,86,97)(H,87,99)(H,88,96)(H,89,106)(H,90,100)(H,91,101)(H,103,104)(H4,77,78,79)/b10-9+/t44-,45+,52-,53-,54-,55-,56-,57-,58-,60-,73-,74-/m0/s1. The molecule has 11 amide bonds. The molecule has 32 nitrogen and oxygen atoms in total. The van der Waals surface area contributed by atoms with E-state index in [0.29, 0.717) is 29.5 Å². The molecule has 1 aromatic heterocycles. The molecule has 1 aliphatic heterocycles. The number of aliphatic hydroxyl groups excluding tert-OH is 1. The summed E-state index contributed by atoms with van der Waals surface area (Å²) in [5.41, 5.74) is 21.4. The van der Waals surface area contributed by atoms with Gasteiger partial charge in [-0.15, -0.1) is 0 Å². The number of hydrogen-bond donors (Lipinski definition) is 19. The number of carboxylic acids is 1. The number of carbonyl (C=O) groups excluding carboxylic acids is 11. The van der Waals surface area contributed by atoms with Crippen molar-refractivity contribution in [2.45, 2.75) is 217 Å². The normalized spacial score (nSPS) is 20.6. The van der Waals surface area contributed by atoms with E-state index < -0.39 is 149 Å². The number of aliphatic carboxylic acids is 1. The number of aromatic amines is 1. The lowest BCUT2D eigenvalue weighted by Gasteiger charge is -2.34. The molecule has 5 rings (SSSR count). The Kier molecular flexibility index (Phi) is 34.0. The van der Waals surface area contributed by atoms with Gasteiger partial charge < -0.3 is 102 Å². The van der Waals surface area contributed by atoms with Crippen molar-refractivity contribution < 1.29 is 72.9 Å². The first-order valence-electron chi connectivity index (χ1n) is 35.9.